The number of benzene rings is 1. The van der Waals surface area contributed by atoms with Gasteiger partial charge in [-0.1, -0.05) is 11.8 Å². The number of piperazine rings is 1. The largest absolute Gasteiger partial charge is 0.326 e. The molecule has 1 aromatic rings. The van der Waals surface area contributed by atoms with E-state index < -0.39 is 10.0 Å². The van der Waals surface area contributed by atoms with Gasteiger partial charge in [-0.05, 0) is 48.6 Å². The highest BCUT2D eigenvalue weighted by atomic mass is 32.2. The number of aliphatic imine (C=N–C) groups is 2. The molecule has 0 aliphatic carbocycles. The molecule has 32 heavy (non-hydrogen) atoms. The molecule has 1 atom stereocenters. The van der Waals surface area contributed by atoms with Crippen molar-refractivity contribution < 1.29 is 18.0 Å². The van der Waals surface area contributed by atoms with E-state index in [-0.39, 0.29) is 22.6 Å². The average Bonchev–Trinajstić information content (AvgIpc) is 3.02. The quantitative estimate of drug-likeness (QED) is 0.697. The van der Waals surface area contributed by atoms with E-state index in [1.165, 1.54) is 35.1 Å². The van der Waals surface area contributed by atoms with Crippen molar-refractivity contribution >= 4 is 50.2 Å². The van der Waals surface area contributed by atoms with Gasteiger partial charge < -0.3 is 5.32 Å². The molecule has 1 aromatic carbocycles. The fourth-order valence-corrected chi connectivity index (χ4v) is 6.43. The third-order valence-electron chi connectivity index (χ3n) is 5.73. The third-order valence-corrected chi connectivity index (χ3v) is 8.80. The Labute approximate surface area is 191 Å². The summed E-state index contributed by atoms with van der Waals surface area (Å²) in [6, 6.07) is 6.15. The maximum atomic E-state index is 13.0. The number of anilines is 1. The summed E-state index contributed by atoms with van der Waals surface area (Å²) in [5.74, 6) is -0.227. The Kier molecular flexibility index (Phi) is 6.35. The zero-order chi connectivity index (χ0) is 23.0. The Morgan fingerprint density at radius 1 is 1.12 bits per heavy atom. The monoisotopic (exact) mass is 475 g/mol. The summed E-state index contributed by atoms with van der Waals surface area (Å²) in [6.07, 6.45) is 0. The molecule has 0 aromatic heterocycles. The van der Waals surface area contributed by atoms with Crippen molar-refractivity contribution in [3.05, 3.63) is 34.7 Å². The van der Waals surface area contributed by atoms with Gasteiger partial charge in [0.2, 0.25) is 15.9 Å². The highest BCUT2D eigenvalue weighted by Gasteiger charge is 2.37. The number of thioether (sulfide) groups is 1. The van der Waals surface area contributed by atoms with E-state index in [4.69, 9.17) is 0 Å². The molecule has 4 rings (SSSR count). The summed E-state index contributed by atoms with van der Waals surface area (Å²) in [5, 5.41) is 3.42. The molecule has 1 unspecified atom stereocenters. The first-order valence-corrected chi connectivity index (χ1v) is 12.6. The minimum atomic E-state index is -3.62. The van der Waals surface area contributed by atoms with Gasteiger partial charge in [0.1, 0.15) is 11.8 Å². The molecule has 1 fully saturated rings. The second-order valence-corrected chi connectivity index (χ2v) is 11.1. The van der Waals surface area contributed by atoms with Crippen molar-refractivity contribution in [2.75, 3.05) is 38.0 Å². The smallest absolute Gasteiger partial charge is 0.261 e. The van der Waals surface area contributed by atoms with Gasteiger partial charge in [0.05, 0.1) is 16.5 Å². The predicted molar refractivity (Wildman–Crippen MR) is 125 cm³/mol. The Morgan fingerprint density at radius 2 is 1.78 bits per heavy atom. The number of carbonyl (C=O) groups excluding carboxylic acids is 2. The van der Waals surface area contributed by atoms with E-state index in [9.17, 15) is 18.0 Å². The summed E-state index contributed by atoms with van der Waals surface area (Å²) in [7, 11) is -3.62. The highest BCUT2D eigenvalue weighted by Crippen LogP contribution is 2.39. The van der Waals surface area contributed by atoms with Crippen molar-refractivity contribution in [1.82, 2.24) is 9.21 Å². The summed E-state index contributed by atoms with van der Waals surface area (Å²) in [4.78, 5) is 35.7. The van der Waals surface area contributed by atoms with E-state index in [1.54, 1.807) is 12.1 Å². The van der Waals surface area contributed by atoms with Crippen molar-refractivity contribution in [2.24, 2.45) is 15.9 Å². The second kappa shape index (κ2) is 8.89. The van der Waals surface area contributed by atoms with Crippen LogP contribution < -0.4 is 5.32 Å². The zero-order valence-electron chi connectivity index (χ0n) is 18.2. The maximum absolute atomic E-state index is 13.0. The number of carbonyl (C=O) groups is 2. The Hall–Kier alpha value is -2.34. The Balaban J connectivity index is 1.36. The Bertz CT molecular complexity index is 1150. The molecule has 3 aliphatic rings. The van der Waals surface area contributed by atoms with Crippen LogP contribution >= 0.6 is 11.8 Å². The summed E-state index contributed by atoms with van der Waals surface area (Å²) in [5.41, 5.74) is 1.57. The minimum Gasteiger partial charge on any atom is -0.326 e. The first kappa shape index (κ1) is 22.8. The lowest BCUT2D eigenvalue weighted by molar-refractivity contribution is -0.119. The maximum Gasteiger partial charge on any atom is 0.261 e. The average molecular weight is 476 g/mol. The molecule has 0 bridgehead atoms. The number of hydrogen-bond acceptors (Lipinski definition) is 7. The van der Waals surface area contributed by atoms with E-state index in [1.807, 2.05) is 13.8 Å². The van der Waals surface area contributed by atoms with Crippen LogP contribution in [0.3, 0.4) is 0 Å². The van der Waals surface area contributed by atoms with E-state index in [0.717, 1.165) is 15.5 Å². The van der Waals surface area contributed by atoms with Crippen LogP contribution in [0.15, 0.2) is 49.6 Å². The number of nitrogens with one attached hydrogen (secondary N) is 1. The van der Waals surface area contributed by atoms with Crippen molar-refractivity contribution in [2.45, 2.75) is 25.7 Å². The molecule has 170 valence electrons. The number of nitrogens with zero attached hydrogens (tertiary/aromatic N) is 4. The number of amidine groups is 1. The van der Waals surface area contributed by atoms with Gasteiger partial charge in [-0.2, -0.15) is 9.30 Å². The summed E-state index contributed by atoms with van der Waals surface area (Å²) < 4.78 is 27.4. The molecule has 11 heteroatoms. The standard InChI is InChI=1S/C21H25N5O4S2/c1-13-14(2)31-21-19(13)20(28)23-18(24-21)12-25-8-10-26(11-9-25)32(29,30)17-6-4-16(5-7-17)22-15(3)27/h4-7,19H,8-12H2,1-3H3,(H,22,27). The third kappa shape index (κ3) is 4.56. The summed E-state index contributed by atoms with van der Waals surface area (Å²) >= 11 is 1.53. The fraction of sp³-hybridized carbons (Fsp3) is 0.429. The first-order chi connectivity index (χ1) is 15.1. The predicted octanol–water partition coefficient (Wildman–Crippen LogP) is 1.95. The van der Waals surface area contributed by atoms with Crippen LogP contribution in [-0.2, 0) is 19.6 Å². The number of allylic oxidation sites excluding steroid dienone is 1. The van der Waals surface area contributed by atoms with Crippen LogP contribution in [0.25, 0.3) is 0 Å². The van der Waals surface area contributed by atoms with Crippen LogP contribution in [0.5, 0.6) is 0 Å². The van der Waals surface area contributed by atoms with Gasteiger partial charge in [0.15, 0.2) is 0 Å². The molecule has 1 saturated heterocycles. The molecular formula is C21H25N5O4S2. The lowest BCUT2D eigenvalue weighted by Crippen LogP contribution is -2.50. The van der Waals surface area contributed by atoms with E-state index in [0.29, 0.717) is 44.2 Å². The zero-order valence-corrected chi connectivity index (χ0v) is 19.8. The number of hydrogen-bond donors (Lipinski definition) is 1. The SMILES string of the molecule is CC(=O)Nc1ccc(S(=O)(=O)N2CCN(CC3=NC(=O)C4C(=N3)SC(C)=C4C)CC2)cc1. The molecule has 0 saturated carbocycles. The molecular weight excluding hydrogens is 450 g/mol. The van der Waals surface area contributed by atoms with E-state index in [2.05, 4.69) is 20.2 Å². The number of amides is 2. The van der Waals surface area contributed by atoms with Gasteiger partial charge in [-0.15, -0.1) is 0 Å². The molecule has 3 aliphatic heterocycles. The molecule has 3 heterocycles. The van der Waals surface area contributed by atoms with Gasteiger partial charge >= 0.3 is 0 Å². The van der Waals surface area contributed by atoms with Gasteiger partial charge in [0, 0.05) is 38.8 Å². The molecule has 9 nitrogen and oxygen atoms in total. The van der Waals surface area contributed by atoms with E-state index >= 15 is 0 Å². The molecule has 0 radical (unpaired) electrons. The lowest BCUT2D eigenvalue weighted by Gasteiger charge is -2.34. The number of sulfonamides is 1. The van der Waals surface area contributed by atoms with Gasteiger partial charge in [-0.25, -0.2) is 13.4 Å². The van der Waals surface area contributed by atoms with Crippen molar-refractivity contribution in [3.63, 3.8) is 0 Å². The van der Waals surface area contributed by atoms with Crippen LogP contribution in [0.4, 0.5) is 5.69 Å². The van der Waals surface area contributed by atoms with Crippen LogP contribution in [0.2, 0.25) is 0 Å². The fourth-order valence-electron chi connectivity index (χ4n) is 3.87. The topological polar surface area (TPSA) is 112 Å². The van der Waals surface area contributed by atoms with Gasteiger partial charge in [0.25, 0.3) is 5.91 Å². The lowest BCUT2D eigenvalue weighted by atomic mass is 10.0. The van der Waals surface area contributed by atoms with Crippen molar-refractivity contribution in [3.8, 4) is 0 Å². The number of fused-ring (bicyclic) bond motifs is 1. The number of rotatable bonds is 5. The van der Waals surface area contributed by atoms with Crippen LogP contribution in [-0.4, -0.2) is 73.0 Å². The normalized spacial score (nSPS) is 22.5. The van der Waals surface area contributed by atoms with Gasteiger partial charge in [-0.3, -0.25) is 14.5 Å². The molecule has 2 amide bonds. The van der Waals surface area contributed by atoms with Crippen LogP contribution in [0.1, 0.15) is 20.8 Å². The second-order valence-electron chi connectivity index (χ2n) is 7.98. The Morgan fingerprint density at radius 3 is 2.41 bits per heavy atom. The molecule has 1 N–H and O–H groups in total. The molecule has 0 spiro atoms. The first-order valence-electron chi connectivity index (χ1n) is 10.3. The highest BCUT2D eigenvalue weighted by molar-refractivity contribution is 8.17. The minimum absolute atomic E-state index is 0.171. The van der Waals surface area contributed by atoms with Crippen LogP contribution in [0, 0.1) is 5.92 Å². The summed E-state index contributed by atoms with van der Waals surface area (Å²) in [6.45, 7) is 7.47. The van der Waals surface area contributed by atoms with Crippen molar-refractivity contribution in [1.29, 1.82) is 0 Å².